The molecule has 1 aliphatic heterocycles. The third-order valence-electron chi connectivity index (χ3n) is 6.74. The first-order valence-electron chi connectivity index (χ1n) is 12.4. The standard InChI is InChI=1S/C28H32N4O4S2/c1-18-5-10-25(20(3)17-18)38(35,36)32-14-11-23(12-15-32)27(33)31-30-21(4)22-6-8-24(9-7-22)29-28(34)26-19(2)13-16-37-26/h5-10,13,16-17,23H,11-12,14-15H2,1-4H3,(H,29,34)(H,31,33). The minimum Gasteiger partial charge on any atom is -0.321 e. The molecule has 10 heteroatoms. The van der Waals surface area contributed by atoms with Gasteiger partial charge in [-0.15, -0.1) is 11.3 Å². The van der Waals surface area contributed by atoms with Gasteiger partial charge < -0.3 is 5.32 Å². The molecule has 8 nitrogen and oxygen atoms in total. The Kier molecular flexibility index (Phi) is 8.44. The Morgan fingerprint density at radius 1 is 0.974 bits per heavy atom. The van der Waals surface area contributed by atoms with Crippen LogP contribution in [-0.2, 0) is 14.8 Å². The largest absolute Gasteiger partial charge is 0.321 e. The predicted molar refractivity (Wildman–Crippen MR) is 151 cm³/mol. The fourth-order valence-electron chi connectivity index (χ4n) is 4.47. The van der Waals surface area contributed by atoms with Gasteiger partial charge in [0.15, 0.2) is 0 Å². The molecule has 200 valence electrons. The van der Waals surface area contributed by atoms with Gasteiger partial charge in [0.05, 0.1) is 15.5 Å². The average molecular weight is 553 g/mol. The van der Waals surface area contributed by atoms with Crippen LogP contribution in [0.4, 0.5) is 5.69 Å². The maximum absolute atomic E-state index is 13.1. The van der Waals surface area contributed by atoms with Crippen LogP contribution < -0.4 is 10.7 Å². The molecule has 3 aromatic rings. The Labute approximate surface area is 227 Å². The van der Waals surface area contributed by atoms with Crippen molar-refractivity contribution in [3.05, 3.63) is 81.0 Å². The number of nitrogens with zero attached hydrogens (tertiary/aromatic N) is 2. The van der Waals surface area contributed by atoms with E-state index in [0.717, 1.165) is 22.3 Å². The summed E-state index contributed by atoms with van der Waals surface area (Å²) in [6, 6.07) is 14.5. The van der Waals surface area contributed by atoms with E-state index in [0.29, 0.717) is 34.0 Å². The van der Waals surface area contributed by atoms with E-state index in [9.17, 15) is 18.0 Å². The molecular weight excluding hydrogens is 520 g/mol. The Morgan fingerprint density at radius 3 is 2.26 bits per heavy atom. The van der Waals surface area contributed by atoms with E-state index < -0.39 is 10.0 Å². The van der Waals surface area contributed by atoms with Crippen LogP contribution in [0.5, 0.6) is 0 Å². The molecule has 0 unspecified atom stereocenters. The van der Waals surface area contributed by atoms with E-state index in [-0.39, 0.29) is 30.8 Å². The van der Waals surface area contributed by atoms with Crippen LogP contribution in [0.15, 0.2) is 63.9 Å². The van der Waals surface area contributed by atoms with Crippen molar-refractivity contribution in [3.63, 3.8) is 0 Å². The van der Waals surface area contributed by atoms with Crippen LogP contribution in [0.25, 0.3) is 0 Å². The summed E-state index contributed by atoms with van der Waals surface area (Å²) in [6.07, 6.45) is 0.866. The monoisotopic (exact) mass is 552 g/mol. The second kappa shape index (κ2) is 11.6. The maximum Gasteiger partial charge on any atom is 0.265 e. The van der Waals surface area contributed by atoms with E-state index >= 15 is 0 Å². The highest BCUT2D eigenvalue weighted by Crippen LogP contribution is 2.26. The second-order valence-electron chi connectivity index (χ2n) is 9.58. The zero-order valence-electron chi connectivity index (χ0n) is 21.9. The van der Waals surface area contributed by atoms with Gasteiger partial charge in [0, 0.05) is 24.7 Å². The minimum atomic E-state index is -3.60. The number of piperidine rings is 1. The number of thiophene rings is 1. The van der Waals surface area contributed by atoms with E-state index in [2.05, 4.69) is 15.8 Å². The number of rotatable bonds is 7. The lowest BCUT2D eigenvalue weighted by molar-refractivity contribution is -0.126. The first-order valence-corrected chi connectivity index (χ1v) is 14.8. The van der Waals surface area contributed by atoms with Gasteiger partial charge in [0.1, 0.15) is 0 Å². The number of amides is 2. The van der Waals surface area contributed by atoms with Crippen LogP contribution in [0.3, 0.4) is 0 Å². The van der Waals surface area contributed by atoms with Crippen molar-refractivity contribution >= 4 is 44.6 Å². The summed E-state index contributed by atoms with van der Waals surface area (Å²) in [6.45, 7) is 8.00. The van der Waals surface area contributed by atoms with Gasteiger partial charge in [-0.05, 0) is 86.9 Å². The molecule has 0 radical (unpaired) electrons. The number of benzene rings is 2. The molecule has 1 fully saturated rings. The Hall–Kier alpha value is -3.34. The molecule has 2 aromatic carbocycles. The fraction of sp³-hybridized carbons (Fsp3) is 0.321. The summed E-state index contributed by atoms with van der Waals surface area (Å²) >= 11 is 1.40. The van der Waals surface area contributed by atoms with Crippen molar-refractivity contribution in [3.8, 4) is 0 Å². The third kappa shape index (κ3) is 6.20. The smallest absolute Gasteiger partial charge is 0.265 e. The van der Waals surface area contributed by atoms with Gasteiger partial charge in [-0.3, -0.25) is 9.59 Å². The van der Waals surface area contributed by atoms with Crippen molar-refractivity contribution in [1.82, 2.24) is 9.73 Å². The lowest BCUT2D eigenvalue weighted by Crippen LogP contribution is -2.42. The van der Waals surface area contributed by atoms with E-state index in [1.165, 1.54) is 15.6 Å². The Balaban J connectivity index is 1.30. The van der Waals surface area contributed by atoms with Crippen molar-refractivity contribution in [2.45, 2.75) is 45.4 Å². The molecule has 2 amide bonds. The fourth-order valence-corrected chi connectivity index (χ4v) is 6.96. The maximum atomic E-state index is 13.1. The molecule has 0 saturated carbocycles. The van der Waals surface area contributed by atoms with Crippen molar-refractivity contribution in [1.29, 1.82) is 0 Å². The molecule has 0 bridgehead atoms. The lowest BCUT2D eigenvalue weighted by atomic mass is 9.98. The number of carbonyl (C=O) groups is 2. The van der Waals surface area contributed by atoms with Crippen molar-refractivity contribution in [2.75, 3.05) is 18.4 Å². The first kappa shape index (κ1) is 27.7. The SMILES string of the molecule is CC(=NNC(=O)C1CCN(S(=O)(=O)c2ccc(C)cc2C)CC1)c1ccc(NC(=O)c2sccc2C)cc1. The van der Waals surface area contributed by atoms with Gasteiger partial charge in [-0.2, -0.15) is 9.41 Å². The quantitative estimate of drug-likeness (QED) is 0.322. The topological polar surface area (TPSA) is 108 Å². The number of hydrazone groups is 1. The number of sulfonamides is 1. The molecule has 0 spiro atoms. The Morgan fingerprint density at radius 2 is 1.66 bits per heavy atom. The van der Waals surface area contributed by atoms with E-state index in [1.807, 2.05) is 43.5 Å². The van der Waals surface area contributed by atoms with Gasteiger partial charge in [0.25, 0.3) is 5.91 Å². The molecule has 1 aromatic heterocycles. The van der Waals surface area contributed by atoms with Crippen LogP contribution in [0, 0.1) is 26.7 Å². The van der Waals surface area contributed by atoms with Gasteiger partial charge >= 0.3 is 0 Å². The number of nitrogens with one attached hydrogen (secondary N) is 2. The van der Waals surface area contributed by atoms with E-state index in [1.54, 1.807) is 38.1 Å². The summed E-state index contributed by atoms with van der Waals surface area (Å²) in [5.74, 6) is -0.672. The van der Waals surface area contributed by atoms with Crippen LogP contribution in [0.2, 0.25) is 0 Å². The highest BCUT2D eigenvalue weighted by Gasteiger charge is 2.32. The van der Waals surface area contributed by atoms with Gasteiger partial charge in [-0.1, -0.05) is 29.8 Å². The minimum absolute atomic E-state index is 0.143. The van der Waals surface area contributed by atoms with Gasteiger partial charge in [-0.25, -0.2) is 13.8 Å². The normalized spacial score (nSPS) is 15.3. The van der Waals surface area contributed by atoms with E-state index in [4.69, 9.17) is 0 Å². The van der Waals surface area contributed by atoms with Crippen molar-refractivity contribution in [2.24, 2.45) is 11.0 Å². The molecule has 0 atom stereocenters. The summed E-state index contributed by atoms with van der Waals surface area (Å²) in [5.41, 5.74) is 7.42. The van der Waals surface area contributed by atoms with Gasteiger partial charge in [0.2, 0.25) is 15.9 Å². The molecule has 1 aliphatic rings. The highest BCUT2D eigenvalue weighted by atomic mass is 32.2. The summed E-state index contributed by atoms with van der Waals surface area (Å²) in [5, 5.41) is 9.02. The third-order valence-corrected chi connectivity index (χ3v) is 9.81. The molecule has 1 saturated heterocycles. The molecule has 2 heterocycles. The molecular formula is C28H32N4O4S2. The number of aryl methyl sites for hydroxylation is 3. The van der Waals surface area contributed by atoms with Crippen LogP contribution >= 0.6 is 11.3 Å². The van der Waals surface area contributed by atoms with Crippen LogP contribution in [0.1, 0.15) is 51.7 Å². The highest BCUT2D eigenvalue weighted by molar-refractivity contribution is 7.89. The second-order valence-corrected chi connectivity index (χ2v) is 12.4. The lowest BCUT2D eigenvalue weighted by Gasteiger charge is -2.30. The zero-order valence-corrected chi connectivity index (χ0v) is 23.6. The first-order chi connectivity index (χ1) is 18.1. The number of hydrogen-bond donors (Lipinski definition) is 2. The molecule has 4 rings (SSSR count). The number of hydrogen-bond acceptors (Lipinski definition) is 6. The molecule has 0 aliphatic carbocycles. The predicted octanol–water partition coefficient (Wildman–Crippen LogP) is 4.87. The number of carbonyl (C=O) groups excluding carboxylic acids is 2. The summed E-state index contributed by atoms with van der Waals surface area (Å²) in [4.78, 5) is 26.1. The van der Waals surface area contributed by atoms with Crippen molar-refractivity contribution < 1.29 is 18.0 Å². The Bertz CT molecular complexity index is 1470. The average Bonchev–Trinajstić information content (AvgIpc) is 3.33. The summed E-state index contributed by atoms with van der Waals surface area (Å²) in [7, 11) is -3.60. The van der Waals surface area contributed by atoms with Crippen LogP contribution in [-0.4, -0.2) is 43.3 Å². The summed E-state index contributed by atoms with van der Waals surface area (Å²) < 4.78 is 27.7. The molecule has 38 heavy (non-hydrogen) atoms. The zero-order chi connectivity index (χ0) is 27.4. The number of anilines is 1. The molecule has 2 N–H and O–H groups in total.